The molecule has 0 bridgehead atoms. The third kappa shape index (κ3) is 5.58. The van der Waals surface area contributed by atoms with E-state index >= 15 is 0 Å². The Morgan fingerprint density at radius 3 is 2.74 bits per heavy atom. The number of benzene rings is 1. The number of anilines is 2. The number of thiazole rings is 1. The van der Waals surface area contributed by atoms with E-state index in [4.69, 9.17) is 32.9 Å². The third-order valence-electron chi connectivity index (χ3n) is 9.00. The van der Waals surface area contributed by atoms with Crippen molar-refractivity contribution in [2.24, 2.45) is 23.2 Å². The van der Waals surface area contributed by atoms with Crippen LogP contribution in [0.4, 0.5) is 10.8 Å². The summed E-state index contributed by atoms with van der Waals surface area (Å²) in [5.74, 6) is -0.170. The van der Waals surface area contributed by atoms with E-state index < -0.39 is 6.10 Å². The van der Waals surface area contributed by atoms with Gasteiger partial charge in [0.15, 0.2) is 5.13 Å². The van der Waals surface area contributed by atoms with Crippen LogP contribution in [-0.2, 0) is 16.0 Å². The third-order valence-corrected chi connectivity index (χ3v) is 10.6. The number of hydrogen-bond acceptors (Lipinski definition) is 7. The molecule has 7 nitrogen and oxygen atoms in total. The van der Waals surface area contributed by atoms with E-state index in [1.54, 1.807) is 23.5 Å². The van der Waals surface area contributed by atoms with Gasteiger partial charge in [0.25, 0.3) is 0 Å². The van der Waals surface area contributed by atoms with Crippen molar-refractivity contribution in [2.75, 3.05) is 44.7 Å². The maximum atomic E-state index is 13.1. The highest BCUT2D eigenvalue weighted by atomic mass is 35.5. The van der Waals surface area contributed by atoms with Gasteiger partial charge in [-0.3, -0.25) is 9.69 Å². The van der Waals surface area contributed by atoms with Crippen molar-refractivity contribution in [3.63, 3.8) is 0 Å². The monoisotopic (exact) mass is 580 g/mol. The van der Waals surface area contributed by atoms with Gasteiger partial charge in [-0.2, -0.15) is 0 Å². The molecule has 1 saturated carbocycles. The Labute approximate surface area is 239 Å². The number of fused-ring (bicyclic) bond motifs is 2. The first-order valence-corrected chi connectivity index (χ1v) is 15.2. The molecule has 2 fully saturated rings. The van der Waals surface area contributed by atoms with Gasteiger partial charge < -0.3 is 20.5 Å². The van der Waals surface area contributed by atoms with Crippen molar-refractivity contribution in [1.29, 1.82) is 0 Å². The highest BCUT2D eigenvalue weighted by molar-refractivity contribution is 7.15. The second-order valence-corrected chi connectivity index (χ2v) is 13.3. The molecule has 1 aromatic heterocycles. The number of nitrogens with zero attached hydrogens (tertiary/aromatic N) is 2. The summed E-state index contributed by atoms with van der Waals surface area (Å²) >= 11 is 14.4. The number of carbonyl (C=O) groups is 1. The van der Waals surface area contributed by atoms with E-state index in [-0.39, 0.29) is 35.0 Å². The molecular weight excluding hydrogens is 543 g/mol. The lowest BCUT2D eigenvalue weighted by molar-refractivity contribution is -0.134. The maximum absolute atomic E-state index is 13.1. The molecule has 208 valence electrons. The van der Waals surface area contributed by atoms with Crippen molar-refractivity contribution in [3.05, 3.63) is 38.8 Å². The molecule has 38 heavy (non-hydrogen) atoms. The van der Waals surface area contributed by atoms with Crippen molar-refractivity contribution >= 4 is 51.3 Å². The number of ether oxygens (including phenoxy) is 1. The van der Waals surface area contributed by atoms with Crippen LogP contribution in [0.5, 0.6) is 0 Å². The fourth-order valence-electron chi connectivity index (χ4n) is 6.84. The highest BCUT2D eigenvalue weighted by Gasteiger charge is 2.53. The molecule has 0 radical (unpaired) electrons. The van der Waals surface area contributed by atoms with Crippen LogP contribution < -0.4 is 10.6 Å². The van der Waals surface area contributed by atoms with Gasteiger partial charge in [0.05, 0.1) is 40.7 Å². The quantitative estimate of drug-likeness (QED) is 0.410. The number of hydrogen-bond donors (Lipinski definition) is 3. The minimum atomic E-state index is -0.562. The highest BCUT2D eigenvalue weighted by Crippen LogP contribution is 2.57. The summed E-state index contributed by atoms with van der Waals surface area (Å²) in [6.07, 6.45) is 2.13. The SMILES string of the molecule is C[C@H](C(=O)NCCN1CCOCC1)C1CC[C@@]2(C)Cc3sc(Nc4c(Cl)cccc4Cl)nc3[C@@H](C)[C@@H]2[C@H]1O. The predicted molar refractivity (Wildman–Crippen MR) is 154 cm³/mol. The molecule has 2 aliphatic carbocycles. The van der Waals surface area contributed by atoms with Crippen LogP contribution in [-0.4, -0.2) is 66.4 Å². The van der Waals surface area contributed by atoms with Crippen LogP contribution in [0.1, 0.15) is 50.1 Å². The Morgan fingerprint density at radius 2 is 2.03 bits per heavy atom. The van der Waals surface area contributed by atoms with Gasteiger partial charge in [0.2, 0.25) is 5.91 Å². The second-order valence-electron chi connectivity index (χ2n) is 11.4. The van der Waals surface area contributed by atoms with Crippen molar-refractivity contribution in [1.82, 2.24) is 15.2 Å². The second kappa shape index (κ2) is 11.6. The average molecular weight is 582 g/mol. The van der Waals surface area contributed by atoms with E-state index in [0.29, 0.717) is 22.3 Å². The summed E-state index contributed by atoms with van der Waals surface area (Å²) in [4.78, 5) is 21.6. The minimum Gasteiger partial charge on any atom is -0.392 e. The number of aromatic nitrogens is 1. The predicted octanol–water partition coefficient (Wildman–Crippen LogP) is 5.33. The van der Waals surface area contributed by atoms with Crippen LogP contribution in [0, 0.1) is 23.2 Å². The summed E-state index contributed by atoms with van der Waals surface area (Å²) < 4.78 is 5.40. The van der Waals surface area contributed by atoms with Crippen LogP contribution in [0.3, 0.4) is 0 Å². The summed E-state index contributed by atoms with van der Waals surface area (Å²) in [5.41, 5.74) is 1.65. The van der Waals surface area contributed by atoms with Gasteiger partial charge in [0.1, 0.15) is 0 Å². The number of rotatable bonds is 7. The number of morpholine rings is 1. The first kappa shape index (κ1) is 28.1. The number of para-hydroxylation sites is 1. The van der Waals surface area contributed by atoms with Crippen molar-refractivity contribution in [3.8, 4) is 0 Å². The summed E-state index contributed by atoms with van der Waals surface area (Å²) in [6, 6.07) is 5.43. The molecule has 6 atom stereocenters. The Bertz CT molecular complexity index is 1140. The molecule has 0 spiro atoms. The maximum Gasteiger partial charge on any atom is 0.223 e. The smallest absolute Gasteiger partial charge is 0.223 e. The molecule has 3 N–H and O–H groups in total. The molecule has 1 saturated heterocycles. The molecule has 1 amide bonds. The molecule has 1 aliphatic heterocycles. The van der Waals surface area contributed by atoms with Crippen LogP contribution in [0.25, 0.3) is 0 Å². The van der Waals surface area contributed by atoms with E-state index in [9.17, 15) is 9.90 Å². The molecule has 2 heterocycles. The molecule has 3 aliphatic rings. The average Bonchev–Trinajstić information content (AvgIpc) is 3.29. The number of aliphatic hydroxyl groups excluding tert-OH is 1. The molecule has 10 heteroatoms. The lowest BCUT2D eigenvalue weighted by Gasteiger charge is -2.53. The zero-order valence-corrected chi connectivity index (χ0v) is 24.6. The Hall–Kier alpha value is -1.42. The van der Waals surface area contributed by atoms with Crippen LogP contribution in [0.2, 0.25) is 10.0 Å². The number of nitrogens with one attached hydrogen (secondary N) is 2. The molecule has 1 aromatic carbocycles. The summed E-state index contributed by atoms with van der Waals surface area (Å²) in [5, 5.41) is 20.0. The van der Waals surface area contributed by atoms with Crippen molar-refractivity contribution in [2.45, 2.75) is 52.1 Å². The molecule has 2 aromatic rings. The normalized spacial score (nSPS) is 30.3. The fraction of sp³-hybridized carbons (Fsp3) is 0.643. The minimum absolute atomic E-state index is 0.0341. The van der Waals surface area contributed by atoms with Crippen LogP contribution in [0.15, 0.2) is 18.2 Å². The van der Waals surface area contributed by atoms with Crippen molar-refractivity contribution < 1.29 is 14.6 Å². The largest absolute Gasteiger partial charge is 0.392 e. The Morgan fingerprint density at radius 1 is 1.32 bits per heavy atom. The van der Waals surface area contributed by atoms with E-state index in [0.717, 1.165) is 62.9 Å². The van der Waals surface area contributed by atoms with Gasteiger partial charge in [-0.05, 0) is 48.6 Å². The topological polar surface area (TPSA) is 86.7 Å². The molecule has 1 unspecified atom stereocenters. The van der Waals surface area contributed by atoms with Gasteiger partial charge in [-0.15, -0.1) is 11.3 Å². The number of amides is 1. The van der Waals surface area contributed by atoms with Gasteiger partial charge in [-0.25, -0.2) is 4.98 Å². The van der Waals surface area contributed by atoms with Gasteiger partial charge in [0, 0.05) is 42.9 Å². The zero-order chi connectivity index (χ0) is 27.0. The standard InChI is InChI=1S/C28H38Cl2N4O3S/c1-16(26(36)31-9-10-34-11-13-37-14-12-34)18-7-8-28(3)15-21-23(17(2)22(28)25(18)35)32-27(38-21)33-24-19(29)5-4-6-20(24)30/h4-6,16-18,22,25,35H,7-15H2,1-3H3,(H,31,36)(H,32,33)/t16-,17-,18?,22+,25-,28-/m0/s1. The lowest BCUT2D eigenvalue weighted by Crippen LogP contribution is -2.53. The zero-order valence-electron chi connectivity index (χ0n) is 22.3. The lowest BCUT2D eigenvalue weighted by atomic mass is 9.53. The van der Waals surface area contributed by atoms with E-state index in [1.807, 2.05) is 13.0 Å². The number of aliphatic hydroxyl groups is 1. The fourth-order valence-corrected chi connectivity index (χ4v) is 8.60. The number of carbonyl (C=O) groups excluding carboxylic acids is 1. The molecule has 5 rings (SSSR count). The van der Waals surface area contributed by atoms with Gasteiger partial charge in [-0.1, -0.05) is 50.0 Å². The van der Waals surface area contributed by atoms with Crippen LogP contribution >= 0.6 is 34.5 Å². The first-order valence-electron chi connectivity index (χ1n) is 13.6. The Balaban J connectivity index is 1.26. The van der Waals surface area contributed by atoms with Gasteiger partial charge >= 0.3 is 0 Å². The Kier molecular flexibility index (Phi) is 8.58. The van der Waals surface area contributed by atoms with E-state index in [2.05, 4.69) is 29.4 Å². The first-order chi connectivity index (χ1) is 18.2. The summed E-state index contributed by atoms with van der Waals surface area (Å²) in [7, 11) is 0. The number of halogens is 2. The molecular formula is C28H38Cl2N4O3S. The summed E-state index contributed by atoms with van der Waals surface area (Å²) in [6.45, 7) is 11.2. The van der Waals surface area contributed by atoms with E-state index in [1.165, 1.54) is 4.88 Å².